The van der Waals surface area contributed by atoms with Crippen LogP contribution in [0.4, 0.5) is 28.9 Å². The first-order valence-corrected chi connectivity index (χ1v) is 11.6. The van der Waals surface area contributed by atoms with Gasteiger partial charge in [0.25, 0.3) is 5.91 Å². The van der Waals surface area contributed by atoms with E-state index in [9.17, 15) is 22.8 Å². The third kappa shape index (κ3) is 5.38. The molecule has 3 N–H and O–H groups in total. The van der Waals surface area contributed by atoms with Crippen LogP contribution >= 0.6 is 11.3 Å². The van der Waals surface area contributed by atoms with E-state index in [0.29, 0.717) is 34.7 Å². The highest BCUT2D eigenvalue weighted by atomic mass is 32.1. The summed E-state index contributed by atoms with van der Waals surface area (Å²) in [5, 5.41) is 6.60. The van der Waals surface area contributed by atoms with E-state index in [1.165, 1.54) is 29.7 Å². The molecular formula is C23H23F4N5O2S. The number of hydrogen-bond donors (Lipinski definition) is 3. The smallest absolute Gasteiger partial charge is 0.367 e. The first kappa shape index (κ1) is 24.9. The summed E-state index contributed by atoms with van der Waals surface area (Å²) >= 11 is 1.25. The Balaban J connectivity index is 1.80. The van der Waals surface area contributed by atoms with Gasteiger partial charge in [0.05, 0.1) is 32.4 Å². The van der Waals surface area contributed by atoms with Gasteiger partial charge in [0, 0.05) is 49.2 Å². The minimum Gasteiger partial charge on any atom is -0.367 e. The van der Waals surface area contributed by atoms with Gasteiger partial charge in [0.2, 0.25) is 5.56 Å². The summed E-state index contributed by atoms with van der Waals surface area (Å²) < 4.78 is 55.8. The molecule has 2 atom stereocenters. The monoisotopic (exact) mass is 509 g/mol. The highest BCUT2D eigenvalue weighted by Gasteiger charge is 2.36. The number of amides is 1. The van der Waals surface area contributed by atoms with Crippen LogP contribution < -0.4 is 21.1 Å². The number of hydrogen-bond acceptors (Lipinski definition) is 6. The minimum atomic E-state index is -4.92. The molecule has 12 heteroatoms. The molecule has 186 valence electrons. The van der Waals surface area contributed by atoms with Gasteiger partial charge in [-0.2, -0.15) is 13.2 Å². The van der Waals surface area contributed by atoms with Gasteiger partial charge in [0.1, 0.15) is 5.82 Å². The van der Waals surface area contributed by atoms with Gasteiger partial charge in [-0.25, -0.2) is 9.37 Å². The van der Waals surface area contributed by atoms with Crippen LogP contribution in [0.1, 0.15) is 34.8 Å². The quantitative estimate of drug-likeness (QED) is 0.454. The Morgan fingerprint density at radius 3 is 2.49 bits per heavy atom. The van der Waals surface area contributed by atoms with Crippen molar-refractivity contribution in [2.24, 2.45) is 0 Å². The van der Waals surface area contributed by atoms with E-state index in [1.54, 1.807) is 6.92 Å². The number of H-pyrrole nitrogens is 1. The lowest BCUT2D eigenvalue weighted by Crippen LogP contribution is -2.54. The number of alkyl halides is 3. The van der Waals surface area contributed by atoms with E-state index in [4.69, 9.17) is 0 Å². The van der Waals surface area contributed by atoms with E-state index >= 15 is 4.39 Å². The fraction of sp³-hybridized carbons (Fsp3) is 0.348. The van der Waals surface area contributed by atoms with E-state index in [2.05, 4.69) is 20.6 Å². The molecule has 2 aromatic heterocycles. The SMILES string of the molecule is Cc1ncc(-c2cc(NC(=O)c3c[nH]c(=O)cc3C(F)(F)F)c(N3C[C@@H](C)N[C@@H](C)C3)cc2F)s1. The molecule has 4 rings (SSSR count). The van der Waals surface area contributed by atoms with Crippen LogP contribution in [0.5, 0.6) is 0 Å². The van der Waals surface area contributed by atoms with Crippen molar-refractivity contribution in [1.82, 2.24) is 15.3 Å². The van der Waals surface area contributed by atoms with E-state index in [0.717, 1.165) is 6.20 Å². The summed E-state index contributed by atoms with van der Waals surface area (Å²) in [6.45, 7) is 6.68. The Morgan fingerprint density at radius 1 is 1.20 bits per heavy atom. The predicted molar refractivity (Wildman–Crippen MR) is 127 cm³/mol. The Hall–Kier alpha value is -3.25. The molecule has 35 heavy (non-hydrogen) atoms. The first-order chi connectivity index (χ1) is 16.4. The zero-order valence-corrected chi connectivity index (χ0v) is 19.9. The summed E-state index contributed by atoms with van der Waals surface area (Å²) in [6.07, 6.45) is -2.68. The summed E-state index contributed by atoms with van der Waals surface area (Å²) in [5.74, 6) is -1.62. The summed E-state index contributed by atoms with van der Waals surface area (Å²) in [4.78, 5) is 33.2. The highest BCUT2D eigenvalue weighted by Crippen LogP contribution is 2.38. The van der Waals surface area contributed by atoms with Gasteiger partial charge in [-0.3, -0.25) is 9.59 Å². The van der Waals surface area contributed by atoms with E-state index in [1.807, 2.05) is 18.7 Å². The second-order valence-corrected chi connectivity index (χ2v) is 9.78. The number of carbonyl (C=O) groups excluding carboxylic acids is 1. The Bertz CT molecular complexity index is 1310. The lowest BCUT2D eigenvalue weighted by atomic mass is 10.1. The zero-order valence-electron chi connectivity index (χ0n) is 19.1. The Morgan fingerprint density at radius 2 is 1.89 bits per heavy atom. The number of rotatable bonds is 4. The number of aromatic amines is 1. The van der Waals surface area contributed by atoms with Crippen molar-refractivity contribution >= 4 is 28.6 Å². The number of halogens is 4. The molecule has 1 aliphatic rings. The number of carbonyl (C=O) groups is 1. The molecular weight excluding hydrogens is 486 g/mol. The van der Waals surface area contributed by atoms with Gasteiger partial charge < -0.3 is 20.5 Å². The second kappa shape index (κ2) is 9.42. The number of nitrogens with one attached hydrogen (secondary N) is 3. The fourth-order valence-electron chi connectivity index (χ4n) is 4.21. The van der Waals surface area contributed by atoms with Crippen LogP contribution in [0.3, 0.4) is 0 Å². The van der Waals surface area contributed by atoms with Crippen molar-refractivity contribution in [3.05, 3.63) is 62.9 Å². The molecule has 1 aliphatic heterocycles. The summed E-state index contributed by atoms with van der Waals surface area (Å²) in [7, 11) is 0. The topological polar surface area (TPSA) is 90.1 Å². The van der Waals surface area contributed by atoms with Crippen molar-refractivity contribution in [2.75, 3.05) is 23.3 Å². The lowest BCUT2D eigenvalue weighted by Gasteiger charge is -2.38. The predicted octanol–water partition coefficient (Wildman–Crippen LogP) is 4.40. The number of aromatic nitrogens is 2. The molecule has 7 nitrogen and oxygen atoms in total. The van der Waals surface area contributed by atoms with Crippen LogP contribution in [0.25, 0.3) is 10.4 Å². The molecule has 0 aliphatic carbocycles. The van der Waals surface area contributed by atoms with Gasteiger partial charge in [-0.1, -0.05) is 0 Å². The van der Waals surface area contributed by atoms with Gasteiger partial charge in [0.15, 0.2) is 0 Å². The van der Waals surface area contributed by atoms with Crippen molar-refractivity contribution in [2.45, 2.75) is 39.0 Å². The highest BCUT2D eigenvalue weighted by molar-refractivity contribution is 7.15. The van der Waals surface area contributed by atoms with Crippen LogP contribution in [0, 0.1) is 12.7 Å². The number of anilines is 2. The van der Waals surface area contributed by atoms with Crippen molar-refractivity contribution < 1.29 is 22.4 Å². The third-order valence-electron chi connectivity index (χ3n) is 5.59. The van der Waals surface area contributed by atoms with Crippen molar-refractivity contribution in [1.29, 1.82) is 0 Å². The maximum absolute atomic E-state index is 15.2. The Labute approximate surface area is 202 Å². The van der Waals surface area contributed by atoms with Gasteiger partial charge >= 0.3 is 6.18 Å². The molecule has 0 radical (unpaired) electrons. The number of piperazine rings is 1. The fourth-order valence-corrected chi connectivity index (χ4v) is 5.00. The minimum absolute atomic E-state index is 0.0604. The molecule has 0 saturated carbocycles. The molecule has 0 bridgehead atoms. The molecule has 0 unspecified atom stereocenters. The maximum Gasteiger partial charge on any atom is 0.417 e. The second-order valence-electron chi connectivity index (χ2n) is 8.54. The van der Waals surface area contributed by atoms with Crippen LogP contribution in [0.15, 0.2) is 35.4 Å². The Kier molecular flexibility index (Phi) is 6.69. The average molecular weight is 510 g/mol. The number of benzene rings is 1. The van der Waals surface area contributed by atoms with E-state index < -0.39 is 34.6 Å². The number of pyridine rings is 1. The largest absolute Gasteiger partial charge is 0.417 e. The number of nitrogens with zero attached hydrogens (tertiary/aromatic N) is 2. The summed E-state index contributed by atoms with van der Waals surface area (Å²) in [6, 6.07) is 3.15. The molecule has 1 aromatic carbocycles. The van der Waals surface area contributed by atoms with Crippen LogP contribution in [-0.4, -0.2) is 41.0 Å². The van der Waals surface area contributed by atoms with E-state index in [-0.39, 0.29) is 23.3 Å². The first-order valence-electron chi connectivity index (χ1n) is 10.8. The van der Waals surface area contributed by atoms with Crippen molar-refractivity contribution in [3.63, 3.8) is 0 Å². The van der Waals surface area contributed by atoms with Gasteiger partial charge in [-0.05, 0) is 32.9 Å². The lowest BCUT2D eigenvalue weighted by molar-refractivity contribution is -0.138. The molecule has 1 saturated heterocycles. The molecule has 1 amide bonds. The van der Waals surface area contributed by atoms with Gasteiger partial charge in [-0.15, -0.1) is 11.3 Å². The van der Waals surface area contributed by atoms with Crippen molar-refractivity contribution in [3.8, 4) is 10.4 Å². The average Bonchev–Trinajstić information content (AvgIpc) is 3.19. The molecule has 0 spiro atoms. The molecule has 1 fully saturated rings. The standard InChI is InChI=1S/C23H23F4N5O2S/c1-11-9-32(10-12(2)30-11)19-6-17(24)14(20-8-28-13(3)35-20)4-18(19)31-22(34)15-7-29-21(33)5-16(15)23(25,26)27/h4-8,11-12,30H,9-10H2,1-3H3,(H,29,33)(H,31,34)/t11-,12+. The third-order valence-corrected chi connectivity index (χ3v) is 6.54. The number of thiazole rings is 1. The zero-order chi connectivity index (χ0) is 25.5. The molecule has 3 heterocycles. The van der Waals surface area contributed by atoms with Crippen LogP contribution in [0.2, 0.25) is 0 Å². The summed E-state index contributed by atoms with van der Waals surface area (Å²) in [5.41, 5.74) is -2.42. The molecule has 3 aromatic rings. The maximum atomic E-state index is 15.2. The number of aryl methyl sites for hydroxylation is 1. The normalized spacial score (nSPS) is 18.5. The van der Waals surface area contributed by atoms with Crippen LogP contribution in [-0.2, 0) is 6.18 Å².